The topological polar surface area (TPSA) is 63.2 Å². The van der Waals surface area contributed by atoms with Crippen LogP contribution in [0, 0.1) is 11.8 Å². The van der Waals surface area contributed by atoms with Gasteiger partial charge in [-0.2, -0.15) is 0 Å². The largest absolute Gasteiger partial charge is 0.458 e. The summed E-state index contributed by atoms with van der Waals surface area (Å²) in [6.45, 7) is 13.6. The molecule has 0 aromatic heterocycles. The number of rotatable bonds is 8. The fourth-order valence-electron chi connectivity index (χ4n) is 8.10. The molecule has 0 spiro atoms. The van der Waals surface area contributed by atoms with Crippen molar-refractivity contribution in [3.05, 3.63) is 72.8 Å². The van der Waals surface area contributed by atoms with E-state index >= 15 is 0 Å². The molecule has 0 saturated carbocycles. The summed E-state index contributed by atoms with van der Waals surface area (Å²) >= 11 is 0. The van der Waals surface area contributed by atoms with E-state index in [1.54, 1.807) is 0 Å². The van der Waals surface area contributed by atoms with Crippen LogP contribution in [0.25, 0.3) is 0 Å². The standard InChI is InChI=1S/C41H60O6Si/c1-29(2)15-14-16-31-23-32-22-21-30(3)39(45-32)27-33(43-7)24-34-25-36(26-35(44-34)28-40(42)46-31)47-48(41(4,5)6,37-17-10-8-11-18-37)38-19-12-9-13-20-38/h8-14,16-20,29-36,39H,15,21-28H2,1-7H3/b16-14+/t30-,31-,32-,33-,34+,35+,36+,39+/m0/s1. The minimum Gasteiger partial charge on any atom is -0.458 e. The molecule has 3 saturated heterocycles. The maximum Gasteiger partial charge on any atom is 0.309 e. The Morgan fingerprint density at radius 2 is 1.46 bits per heavy atom. The molecule has 48 heavy (non-hydrogen) atoms. The molecule has 5 rings (SSSR count). The molecule has 0 N–H and O–H groups in total. The second-order valence-corrected chi connectivity index (χ2v) is 20.2. The molecule has 6 nitrogen and oxygen atoms in total. The van der Waals surface area contributed by atoms with E-state index < -0.39 is 8.32 Å². The van der Waals surface area contributed by atoms with Crippen LogP contribution in [0.5, 0.6) is 0 Å². The minimum atomic E-state index is -2.80. The third kappa shape index (κ3) is 9.28. The van der Waals surface area contributed by atoms with Crippen LogP contribution in [-0.4, -0.2) is 64.1 Å². The number of fused-ring (bicyclic) bond motifs is 4. The van der Waals surface area contributed by atoms with Crippen molar-refractivity contribution in [1.29, 1.82) is 0 Å². The zero-order valence-corrected chi connectivity index (χ0v) is 31.4. The van der Waals surface area contributed by atoms with Crippen molar-refractivity contribution in [3.8, 4) is 0 Å². The number of cyclic esters (lactones) is 1. The molecule has 8 atom stereocenters. The van der Waals surface area contributed by atoms with Gasteiger partial charge < -0.3 is 23.4 Å². The average Bonchev–Trinajstić information content (AvgIpc) is 3.04. The van der Waals surface area contributed by atoms with Gasteiger partial charge in [0, 0.05) is 20.0 Å². The van der Waals surface area contributed by atoms with Crippen molar-refractivity contribution < 1.29 is 28.2 Å². The van der Waals surface area contributed by atoms with Crippen LogP contribution in [0.1, 0.15) is 99.3 Å². The first kappa shape index (κ1) is 37.0. The van der Waals surface area contributed by atoms with E-state index in [1.165, 1.54) is 10.4 Å². The van der Waals surface area contributed by atoms with Gasteiger partial charge in [0.15, 0.2) is 0 Å². The first-order valence-electron chi connectivity index (χ1n) is 18.5. The number of allylic oxidation sites excluding steroid dienone is 1. The molecule has 0 radical (unpaired) electrons. The van der Waals surface area contributed by atoms with E-state index in [-0.39, 0.29) is 60.2 Å². The quantitative estimate of drug-likeness (QED) is 0.162. The van der Waals surface area contributed by atoms with Gasteiger partial charge in [-0.25, -0.2) is 0 Å². The number of carbonyl (C=O) groups excluding carboxylic acids is 1. The predicted octanol–water partition coefficient (Wildman–Crippen LogP) is 7.77. The SMILES string of the molecule is CO[C@H]1C[C@@H]2C[C@@H](O[Si](c3ccccc3)(c3ccccc3)C(C)(C)C)C[C@H](CC(=O)O[C@@H](/C=C/CC(C)C)C[C@@H]3CC[C@H](C)[C@@H](C1)O3)O2. The smallest absolute Gasteiger partial charge is 0.309 e. The highest BCUT2D eigenvalue weighted by molar-refractivity contribution is 6.99. The Morgan fingerprint density at radius 1 is 0.833 bits per heavy atom. The van der Waals surface area contributed by atoms with Gasteiger partial charge in [0.05, 0.1) is 43.0 Å². The molecule has 3 heterocycles. The van der Waals surface area contributed by atoms with Crippen LogP contribution >= 0.6 is 0 Å². The summed E-state index contributed by atoms with van der Waals surface area (Å²) in [6.07, 6.45) is 10.4. The normalized spacial score (nSPS) is 31.0. The first-order chi connectivity index (χ1) is 23.0. The number of carbonyl (C=O) groups is 1. The highest BCUT2D eigenvalue weighted by Crippen LogP contribution is 2.41. The lowest BCUT2D eigenvalue weighted by atomic mass is 9.87. The monoisotopic (exact) mass is 676 g/mol. The van der Waals surface area contributed by atoms with Crippen molar-refractivity contribution in [3.63, 3.8) is 0 Å². The second-order valence-electron chi connectivity index (χ2n) is 16.0. The summed E-state index contributed by atoms with van der Waals surface area (Å²) in [5.41, 5.74) is 0. The van der Waals surface area contributed by atoms with Crippen LogP contribution in [0.2, 0.25) is 5.04 Å². The van der Waals surface area contributed by atoms with Gasteiger partial charge in [0.2, 0.25) is 0 Å². The van der Waals surface area contributed by atoms with Gasteiger partial charge in [-0.1, -0.05) is 108 Å². The molecule has 0 unspecified atom stereocenters. The summed E-state index contributed by atoms with van der Waals surface area (Å²) in [5.74, 6) is 0.762. The van der Waals surface area contributed by atoms with Crippen molar-refractivity contribution in [2.45, 2.75) is 147 Å². The Bertz CT molecular complexity index is 1270. The van der Waals surface area contributed by atoms with Gasteiger partial charge >= 0.3 is 5.97 Å². The minimum absolute atomic E-state index is 0.00917. The third-order valence-electron chi connectivity index (χ3n) is 10.6. The zero-order chi connectivity index (χ0) is 34.3. The van der Waals surface area contributed by atoms with Crippen LogP contribution < -0.4 is 10.4 Å². The molecule has 264 valence electrons. The summed E-state index contributed by atoms with van der Waals surface area (Å²) in [6, 6.07) is 21.6. The van der Waals surface area contributed by atoms with E-state index in [9.17, 15) is 4.79 Å². The Labute approximate surface area is 291 Å². The molecule has 0 amide bonds. The fourth-order valence-corrected chi connectivity index (χ4v) is 12.8. The Kier molecular flexibility index (Phi) is 12.8. The average molecular weight is 677 g/mol. The molecule has 3 fully saturated rings. The maximum atomic E-state index is 13.7. The molecule has 0 aliphatic carbocycles. The summed E-state index contributed by atoms with van der Waals surface area (Å²) in [5, 5.41) is 2.37. The van der Waals surface area contributed by atoms with E-state index in [0.29, 0.717) is 24.7 Å². The molecule has 2 aromatic carbocycles. The zero-order valence-electron chi connectivity index (χ0n) is 30.4. The van der Waals surface area contributed by atoms with Gasteiger partial charge in [-0.15, -0.1) is 0 Å². The highest BCUT2D eigenvalue weighted by atomic mass is 28.4. The Morgan fingerprint density at radius 3 is 2.06 bits per heavy atom. The summed E-state index contributed by atoms with van der Waals surface area (Å²) in [7, 11) is -0.997. The van der Waals surface area contributed by atoms with E-state index in [4.69, 9.17) is 23.4 Å². The van der Waals surface area contributed by atoms with Gasteiger partial charge in [0.25, 0.3) is 8.32 Å². The molecule has 3 aliphatic heterocycles. The third-order valence-corrected chi connectivity index (χ3v) is 15.7. The van der Waals surface area contributed by atoms with Crippen molar-refractivity contribution in [2.75, 3.05) is 7.11 Å². The van der Waals surface area contributed by atoms with Crippen LogP contribution in [0.15, 0.2) is 72.8 Å². The molecule has 3 aliphatic rings. The first-order valence-corrected chi connectivity index (χ1v) is 20.4. The summed E-state index contributed by atoms with van der Waals surface area (Å²) < 4.78 is 33.5. The lowest BCUT2D eigenvalue weighted by molar-refractivity contribution is -0.164. The van der Waals surface area contributed by atoms with Crippen LogP contribution in [0.3, 0.4) is 0 Å². The van der Waals surface area contributed by atoms with Gasteiger partial charge in [-0.05, 0) is 71.8 Å². The van der Waals surface area contributed by atoms with E-state index in [0.717, 1.165) is 38.5 Å². The number of methoxy groups -OCH3 is 1. The second kappa shape index (κ2) is 16.6. The molecular formula is C41H60O6Si. The predicted molar refractivity (Wildman–Crippen MR) is 195 cm³/mol. The molecule has 4 bridgehead atoms. The van der Waals surface area contributed by atoms with E-state index in [1.807, 2.05) is 7.11 Å². The number of ether oxygens (including phenoxy) is 4. The maximum absolute atomic E-state index is 13.7. The molecular weight excluding hydrogens is 617 g/mol. The summed E-state index contributed by atoms with van der Waals surface area (Å²) in [4.78, 5) is 13.7. The highest BCUT2D eigenvalue weighted by Gasteiger charge is 2.52. The van der Waals surface area contributed by atoms with Crippen LogP contribution in [-0.2, 0) is 28.2 Å². The number of benzene rings is 2. The Hall–Kier alpha value is -2.29. The van der Waals surface area contributed by atoms with Crippen LogP contribution in [0.4, 0.5) is 0 Å². The van der Waals surface area contributed by atoms with Gasteiger partial charge in [-0.3, -0.25) is 4.79 Å². The lowest BCUT2D eigenvalue weighted by Gasteiger charge is -2.47. The van der Waals surface area contributed by atoms with Gasteiger partial charge in [0.1, 0.15) is 6.10 Å². The fraction of sp³-hybridized carbons (Fsp3) is 0.634. The molecule has 2 aromatic rings. The van der Waals surface area contributed by atoms with Crippen molar-refractivity contribution in [1.82, 2.24) is 0 Å². The lowest BCUT2D eigenvalue weighted by Crippen LogP contribution is -2.68. The number of hydrogen-bond acceptors (Lipinski definition) is 6. The van der Waals surface area contributed by atoms with Crippen molar-refractivity contribution in [2.24, 2.45) is 11.8 Å². The Balaban J connectivity index is 1.47. The van der Waals surface area contributed by atoms with Crippen molar-refractivity contribution >= 4 is 24.7 Å². The number of hydrogen-bond donors (Lipinski definition) is 0. The molecule has 7 heteroatoms. The van der Waals surface area contributed by atoms with E-state index in [2.05, 4.69) is 114 Å². The number of esters is 1.